The molecule has 0 saturated heterocycles. The fourth-order valence-corrected chi connectivity index (χ4v) is 1.60. The van der Waals surface area contributed by atoms with Crippen LogP contribution in [0.25, 0.3) is 0 Å². The summed E-state index contributed by atoms with van der Waals surface area (Å²) in [7, 11) is 0. The summed E-state index contributed by atoms with van der Waals surface area (Å²) in [6.45, 7) is 5.96. The van der Waals surface area contributed by atoms with Crippen molar-refractivity contribution < 1.29 is 4.74 Å². The first kappa shape index (κ1) is 12.1. The van der Waals surface area contributed by atoms with Crippen molar-refractivity contribution in [2.75, 3.05) is 0 Å². The third kappa shape index (κ3) is 4.40. The third-order valence-electron chi connectivity index (χ3n) is 1.85. The highest BCUT2D eigenvalue weighted by atomic mass is 32.1. The highest BCUT2D eigenvalue weighted by molar-refractivity contribution is 7.80. The van der Waals surface area contributed by atoms with Crippen LogP contribution in [-0.4, -0.2) is 17.3 Å². The maximum absolute atomic E-state index is 5.54. The Morgan fingerprint density at radius 1 is 1.20 bits per heavy atom. The average Bonchev–Trinajstić information content (AvgIpc) is 2.17. The highest BCUT2D eigenvalue weighted by Crippen LogP contribution is 2.01. The Kier molecular flexibility index (Phi) is 4.72. The van der Waals surface area contributed by atoms with Crippen LogP contribution in [0.1, 0.15) is 26.3 Å². The van der Waals surface area contributed by atoms with E-state index in [9.17, 15) is 0 Å². The molecule has 1 N–H and O–H groups in total. The van der Waals surface area contributed by atoms with Crippen LogP contribution in [0, 0.1) is 0 Å². The Bertz CT molecular complexity index is 311. The van der Waals surface area contributed by atoms with Crippen LogP contribution in [0.2, 0.25) is 0 Å². The molecule has 82 valence electrons. The summed E-state index contributed by atoms with van der Waals surface area (Å²) in [5.41, 5.74) is 1.02. The summed E-state index contributed by atoms with van der Waals surface area (Å²) in [5.74, 6) is 0. The van der Waals surface area contributed by atoms with Gasteiger partial charge in [0.15, 0.2) is 0 Å². The molecule has 1 rings (SSSR count). The number of benzene rings is 1. The van der Waals surface area contributed by atoms with Gasteiger partial charge in [-0.2, -0.15) is 0 Å². The first-order valence-corrected chi connectivity index (χ1v) is 5.52. The summed E-state index contributed by atoms with van der Waals surface area (Å²) >= 11 is 5.26. The van der Waals surface area contributed by atoms with Crippen molar-refractivity contribution in [2.24, 2.45) is 0 Å². The van der Waals surface area contributed by atoms with Gasteiger partial charge in [-0.1, -0.05) is 42.5 Å². The topological polar surface area (TPSA) is 21.3 Å². The molecule has 15 heavy (non-hydrogen) atoms. The molecule has 1 unspecified atom stereocenters. The molecule has 0 fully saturated rings. The minimum Gasteiger partial charge on any atom is -0.356 e. The van der Waals surface area contributed by atoms with Gasteiger partial charge >= 0.3 is 0 Å². The monoisotopic (exact) mass is 223 g/mol. The van der Waals surface area contributed by atoms with Crippen molar-refractivity contribution >= 4 is 17.2 Å². The van der Waals surface area contributed by atoms with E-state index in [4.69, 9.17) is 17.0 Å². The fourth-order valence-electron chi connectivity index (χ4n) is 1.30. The van der Waals surface area contributed by atoms with Crippen LogP contribution < -0.4 is 5.32 Å². The number of hydrogen-bond donors (Lipinski definition) is 1. The van der Waals surface area contributed by atoms with Gasteiger partial charge in [-0.05, 0) is 20.8 Å². The van der Waals surface area contributed by atoms with Crippen LogP contribution in [0.5, 0.6) is 0 Å². The number of thiocarbonyl (C=S) groups is 1. The minimum atomic E-state index is -0.0577. The largest absolute Gasteiger partial charge is 0.356 e. The van der Waals surface area contributed by atoms with E-state index in [-0.39, 0.29) is 12.3 Å². The van der Waals surface area contributed by atoms with Gasteiger partial charge in [-0.3, -0.25) is 0 Å². The molecular formula is C12H17NOS. The molecule has 0 radical (unpaired) electrons. The minimum absolute atomic E-state index is 0.0577. The lowest BCUT2D eigenvalue weighted by Crippen LogP contribution is -2.35. The van der Waals surface area contributed by atoms with Gasteiger partial charge in [-0.15, -0.1) is 0 Å². The van der Waals surface area contributed by atoms with Crippen molar-refractivity contribution in [3.63, 3.8) is 0 Å². The molecule has 0 saturated carbocycles. The number of rotatable bonds is 4. The predicted octanol–water partition coefficient (Wildman–Crippen LogP) is 2.72. The lowest BCUT2D eigenvalue weighted by atomic mass is 10.2. The van der Waals surface area contributed by atoms with E-state index in [1.807, 2.05) is 51.1 Å². The molecule has 0 bridgehead atoms. The van der Waals surface area contributed by atoms with Crippen LogP contribution >= 0.6 is 12.2 Å². The fraction of sp³-hybridized carbons (Fsp3) is 0.417. The summed E-state index contributed by atoms with van der Waals surface area (Å²) in [6, 6.07) is 9.88. The molecule has 0 spiro atoms. The molecule has 1 aromatic rings. The first-order chi connectivity index (χ1) is 7.09. The molecule has 1 atom stereocenters. The van der Waals surface area contributed by atoms with Crippen LogP contribution in [0.3, 0.4) is 0 Å². The van der Waals surface area contributed by atoms with E-state index in [1.54, 1.807) is 0 Å². The van der Waals surface area contributed by atoms with Gasteiger partial charge in [0.05, 0.1) is 6.10 Å². The van der Waals surface area contributed by atoms with Gasteiger partial charge in [0.2, 0.25) is 0 Å². The molecule has 2 nitrogen and oxygen atoms in total. The maximum Gasteiger partial charge on any atom is 0.125 e. The van der Waals surface area contributed by atoms with E-state index in [0.717, 1.165) is 10.6 Å². The van der Waals surface area contributed by atoms with E-state index < -0.39 is 0 Å². The van der Waals surface area contributed by atoms with E-state index >= 15 is 0 Å². The van der Waals surface area contributed by atoms with E-state index in [0.29, 0.717) is 0 Å². The standard InChI is InChI=1S/C12H17NOS/c1-9(2)14-10(3)13-12(15)11-7-5-4-6-8-11/h4-10H,1-3H3,(H,13,15). The molecule has 0 heterocycles. The molecule has 0 amide bonds. The number of ether oxygens (including phenoxy) is 1. The zero-order valence-electron chi connectivity index (χ0n) is 9.36. The summed E-state index contributed by atoms with van der Waals surface area (Å²) < 4.78 is 5.54. The van der Waals surface area contributed by atoms with Crippen molar-refractivity contribution in [2.45, 2.75) is 33.1 Å². The highest BCUT2D eigenvalue weighted by Gasteiger charge is 2.07. The van der Waals surface area contributed by atoms with Gasteiger partial charge in [-0.25, -0.2) is 0 Å². The van der Waals surface area contributed by atoms with E-state index in [2.05, 4.69) is 5.32 Å². The summed E-state index contributed by atoms with van der Waals surface area (Å²) in [6.07, 6.45) is 0.142. The normalized spacial score (nSPS) is 12.5. The SMILES string of the molecule is CC(C)OC(C)NC(=S)c1ccccc1. The number of nitrogens with one attached hydrogen (secondary N) is 1. The van der Waals surface area contributed by atoms with Crippen LogP contribution in [0.15, 0.2) is 30.3 Å². The lowest BCUT2D eigenvalue weighted by molar-refractivity contribution is 0.0112. The summed E-state index contributed by atoms with van der Waals surface area (Å²) in [5, 5.41) is 3.14. The van der Waals surface area contributed by atoms with Gasteiger partial charge in [0.1, 0.15) is 11.2 Å². The Balaban J connectivity index is 2.49. The zero-order chi connectivity index (χ0) is 11.3. The van der Waals surface area contributed by atoms with Crippen LogP contribution in [0.4, 0.5) is 0 Å². The van der Waals surface area contributed by atoms with E-state index in [1.165, 1.54) is 0 Å². The Morgan fingerprint density at radius 2 is 1.80 bits per heavy atom. The Morgan fingerprint density at radius 3 is 2.33 bits per heavy atom. The summed E-state index contributed by atoms with van der Waals surface area (Å²) in [4.78, 5) is 0.726. The van der Waals surface area contributed by atoms with Crippen molar-refractivity contribution in [3.05, 3.63) is 35.9 Å². The van der Waals surface area contributed by atoms with Crippen molar-refractivity contribution in [3.8, 4) is 0 Å². The molecule has 1 aromatic carbocycles. The number of hydrogen-bond acceptors (Lipinski definition) is 2. The maximum atomic E-state index is 5.54. The second-order valence-corrected chi connectivity index (χ2v) is 4.07. The predicted molar refractivity (Wildman–Crippen MR) is 67.0 cm³/mol. The molecule has 0 aliphatic rings. The quantitative estimate of drug-likeness (QED) is 0.626. The lowest BCUT2D eigenvalue weighted by Gasteiger charge is -2.19. The average molecular weight is 223 g/mol. The molecule has 3 heteroatoms. The molecule has 0 aliphatic carbocycles. The molecule has 0 aliphatic heterocycles. The van der Waals surface area contributed by atoms with Crippen molar-refractivity contribution in [1.29, 1.82) is 0 Å². The van der Waals surface area contributed by atoms with Crippen molar-refractivity contribution in [1.82, 2.24) is 5.32 Å². The Hall–Kier alpha value is -0.930. The second-order valence-electron chi connectivity index (χ2n) is 3.67. The van der Waals surface area contributed by atoms with Gasteiger partial charge in [0.25, 0.3) is 0 Å². The van der Waals surface area contributed by atoms with Gasteiger partial charge < -0.3 is 10.1 Å². The smallest absolute Gasteiger partial charge is 0.125 e. The van der Waals surface area contributed by atoms with Gasteiger partial charge in [0, 0.05) is 5.56 Å². The molecule has 0 aromatic heterocycles. The zero-order valence-corrected chi connectivity index (χ0v) is 10.2. The molecular weight excluding hydrogens is 206 g/mol. The third-order valence-corrected chi connectivity index (χ3v) is 2.20. The first-order valence-electron chi connectivity index (χ1n) is 5.11. The second kappa shape index (κ2) is 5.83. The Labute approximate surface area is 96.6 Å². The van der Waals surface area contributed by atoms with Crippen LogP contribution in [-0.2, 0) is 4.74 Å².